The van der Waals surface area contributed by atoms with Crippen LogP contribution in [0.3, 0.4) is 0 Å². The molecule has 0 atom stereocenters. The first-order valence-corrected chi connectivity index (χ1v) is 9.05. The van der Waals surface area contributed by atoms with Gasteiger partial charge in [0.05, 0.1) is 22.6 Å². The summed E-state index contributed by atoms with van der Waals surface area (Å²) in [6.07, 6.45) is 6.02. The highest BCUT2D eigenvalue weighted by Crippen LogP contribution is 2.24. The number of anilines is 1. The normalized spacial score (nSPS) is 11.3. The van der Waals surface area contributed by atoms with Crippen LogP contribution in [0, 0.1) is 0 Å². The predicted octanol–water partition coefficient (Wildman–Crippen LogP) is 2.96. The summed E-state index contributed by atoms with van der Waals surface area (Å²) < 4.78 is 1.76. The van der Waals surface area contributed by atoms with Crippen LogP contribution in [-0.2, 0) is 13.5 Å². The summed E-state index contributed by atoms with van der Waals surface area (Å²) in [4.78, 5) is 21.4. The fourth-order valence-corrected chi connectivity index (χ4v) is 3.21. The number of hydrogen-bond acceptors (Lipinski definition) is 6. The molecule has 138 valence electrons. The van der Waals surface area contributed by atoms with Gasteiger partial charge in [-0.15, -0.1) is 0 Å². The minimum Gasteiger partial charge on any atom is -0.369 e. The topological polar surface area (TPSA) is 97.2 Å². The van der Waals surface area contributed by atoms with Crippen LogP contribution < -0.4 is 5.32 Å². The third-order valence-electron chi connectivity index (χ3n) is 4.62. The van der Waals surface area contributed by atoms with Crippen molar-refractivity contribution in [2.45, 2.75) is 6.42 Å². The van der Waals surface area contributed by atoms with Crippen molar-refractivity contribution in [2.75, 3.05) is 11.9 Å². The number of rotatable bonds is 5. The van der Waals surface area contributed by atoms with Crippen LogP contribution in [0.4, 0.5) is 5.82 Å². The molecular weight excluding hydrogens is 352 g/mol. The zero-order valence-corrected chi connectivity index (χ0v) is 15.3. The Kier molecular flexibility index (Phi) is 3.93. The molecule has 0 radical (unpaired) electrons. The Bertz CT molecular complexity index is 1220. The average molecular weight is 370 g/mol. The monoisotopic (exact) mass is 370 g/mol. The van der Waals surface area contributed by atoms with Crippen LogP contribution in [0.15, 0.2) is 55.0 Å². The van der Waals surface area contributed by atoms with Crippen molar-refractivity contribution in [3.8, 4) is 11.4 Å². The van der Waals surface area contributed by atoms with Gasteiger partial charge in [0.25, 0.3) is 0 Å². The van der Waals surface area contributed by atoms with Crippen molar-refractivity contribution in [3.63, 3.8) is 0 Å². The van der Waals surface area contributed by atoms with Gasteiger partial charge in [-0.1, -0.05) is 12.1 Å². The molecule has 8 nitrogen and oxygen atoms in total. The number of aromatic nitrogens is 7. The van der Waals surface area contributed by atoms with E-state index in [2.05, 4.69) is 30.4 Å². The second-order valence-corrected chi connectivity index (χ2v) is 6.51. The molecule has 5 rings (SSSR count). The molecule has 4 aromatic heterocycles. The Morgan fingerprint density at radius 1 is 1.04 bits per heavy atom. The van der Waals surface area contributed by atoms with Crippen molar-refractivity contribution in [1.29, 1.82) is 0 Å². The van der Waals surface area contributed by atoms with E-state index in [-0.39, 0.29) is 0 Å². The second kappa shape index (κ2) is 6.73. The highest BCUT2D eigenvalue weighted by molar-refractivity contribution is 5.88. The summed E-state index contributed by atoms with van der Waals surface area (Å²) in [7, 11) is 1.88. The molecule has 0 aliphatic carbocycles. The van der Waals surface area contributed by atoms with E-state index in [0.717, 1.165) is 45.7 Å². The van der Waals surface area contributed by atoms with Gasteiger partial charge in [-0.05, 0) is 24.3 Å². The Morgan fingerprint density at radius 3 is 2.75 bits per heavy atom. The molecule has 5 aromatic rings. The van der Waals surface area contributed by atoms with Crippen LogP contribution >= 0.6 is 0 Å². The molecule has 4 heterocycles. The average Bonchev–Trinajstić information content (AvgIpc) is 3.32. The van der Waals surface area contributed by atoms with Gasteiger partial charge in [0, 0.05) is 38.0 Å². The van der Waals surface area contributed by atoms with Crippen molar-refractivity contribution >= 4 is 27.9 Å². The molecule has 0 saturated carbocycles. The van der Waals surface area contributed by atoms with Gasteiger partial charge in [-0.2, -0.15) is 5.10 Å². The molecule has 0 amide bonds. The highest BCUT2D eigenvalue weighted by Gasteiger charge is 2.13. The third-order valence-corrected chi connectivity index (χ3v) is 4.62. The lowest BCUT2D eigenvalue weighted by Crippen LogP contribution is -2.09. The van der Waals surface area contributed by atoms with Gasteiger partial charge < -0.3 is 10.3 Å². The molecule has 0 aliphatic rings. The van der Waals surface area contributed by atoms with Gasteiger partial charge in [0.1, 0.15) is 11.6 Å². The number of H-pyrrole nitrogens is 1. The predicted molar refractivity (Wildman–Crippen MR) is 108 cm³/mol. The standard InChI is InChI=1S/C20H18N8/c1-28-20-14(12-23-28)19(26-18(27-20)13-6-9-21-10-7-13)22-11-8-17-24-15-4-2-3-5-16(15)25-17/h2-7,9-10,12H,8,11H2,1H3,(H,24,25)(H,22,26,27). The maximum absolute atomic E-state index is 4.72. The van der Waals surface area contributed by atoms with E-state index in [9.17, 15) is 0 Å². The van der Waals surface area contributed by atoms with E-state index >= 15 is 0 Å². The van der Waals surface area contributed by atoms with Crippen LogP contribution in [0.1, 0.15) is 5.82 Å². The van der Waals surface area contributed by atoms with Crippen LogP contribution in [0.25, 0.3) is 33.5 Å². The zero-order chi connectivity index (χ0) is 18.9. The van der Waals surface area contributed by atoms with E-state index in [1.807, 2.05) is 43.4 Å². The van der Waals surface area contributed by atoms with Crippen molar-refractivity contribution < 1.29 is 0 Å². The molecule has 0 saturated heterocycles. The molecule has 2 N–H and O–H groups in total. The Hall–Kier alpha value is -3.81. The maximum Gasteiger partial charge on any atom is 0.164 e. The van der Waals surface area contributed by atoms with Crippen molar-refractivity contribution in [3.05, 3.63) is 60.8 Å². The fourth-order valence-electron chi connectivity index (χ4n) is 3.21. The molecule has 0 unspecified atom stereocenters. The van der Waals surface area contributed by atoms with Gasteiger partial charge in [0.15, 0.2) is 11.5 Å². The molecular formula is C20H18N8. The number of aryl methyl sites for hydroxylation is 1. The SMILES string of the molecule is Cn1ncc2c(NCCc3nc4ccccc4[nH]3)nc(-c3ccncc3)nc21. The molecule has 0 aliphatic heterocycles. The molecule has 0 fully saturated rings. The summed E-state index contributed by atoms with van der Waals surface area (Å²) in [5, 5.41) is 8.65. The number of pyridine rings is 1. The zero-order valence-electron chi connectivity index (χ0n) is 15.3. The van der Waals surface area contributed by atoms with Gasteiger partial charge in [-0.25, -0.2) is 15.0 Å². The number of benzene rings is 1. The second-order valence-electron chi connectivity index (χ2n) is 6.51. The third kappa shape index (κ3) is 2.94. The van der Waals surface area contributed by atoms with Crippen LogP contribution in [-0.4, -0.2) is 41.2 Å². The number of aromatic amines is 1. The maximum atomic E-state index is 4.72. The van der Waals surface area contributed by atoms with Gasteiger partial charge in [0.2, 0.25) is 0 Å². The number of fused-ring (bicyclic) bond motifs is 2. The molecule has 8 heteroatoms. The van der Waals surface area contributed by atoms with Crippen LogP contribution in [0.2, 0.25) is 0 Å². The van der Waals surface area contributed by atoms with E-state index in [4.69, 9.17) is 4.98 Å². The molecule has 28 heavy (non-hydrogen) atoms. The largest absolute Gasteiger partial charge is 0.369 e. The van der Waals surface area contributed by atoms with E-state index in [1.165, 1.54) is 0 Å². The summed E-state index contributed by atoms with van der Waals surface area (Å²) >= 11 is 0. The number of nitrogens with one attached hydrogen (secondary N) is 2. The lowest BCUT2D eigenvalue weighted by Gasteiger charge is -2.08. The Balaban J connectivity index is 1.43. The van der Waals surface area contributed by atoms with Gasteiger partial charge >= 0.3 is 0 Å². The molecule has 0 spiro atoms. The number of nitrogens with zero attached hydrogens (tertiary/aromatic N) is 6. The Morgan fingerprint density at radius 2 is 1.89 bits per heavy atom. The minimum atomic E-state index is 0.643. The first-order chi connectivity index (χ1) is 13.8. The number of imidazole rings is 1. The van der Waals surface area contributed by atoms with E-state index in [1.54, 1.807) is 23.3 Å². The first kappa shape index (κ1) is 16.4. The summed E-state index contributed by atoms with van der Waals surface area (Å²) in [5.41, 5.74) is 3.73. The van der Waals surface area contributed by atoms with Crippen molar-refractivity contribution in [1.82, 2.24) is 34.7 Å². The number of hydrogen-bond donors (Lipinski definition) is 2. The smallest absolute Gasteiger partial charge is 0.164 e. The highest BCUT2D eigenvalue weighted by atomic mass is 15.3. The quantitative estimate of drug-likeness (QED) is 0.494. The van der Waals surface area contributed by atoms with E-state index in [0.29, 0.717) is 12.4 Å². The lowest BCUT2D eigenvalue weighted by atomic mass is 10.2. The van der Waals surface area contributed by atoms with Crippen molar-refractivity contribution in [2.24, 2.45) is 7.05 Å². The Labute approximate surface area is 160 Å². The summed E-state index contributed by atoms with van der Waals surface area (Å²) in [5.74, 6) is 2.35. The fraction of sp³-hybridized carbons (Fsp3) is 0.150. The molecule has 1 aromatic carbocycles. The van der Waals surface area contributed by atoms with E-state index < -0.39 is 0 Å². The summed E-state index contributed by atoms with van der Waals surface area (Å²) in [6.45, 7) is 0.691. The summed E-state index contributed by atoms with van der Waals surface area (Å²) in [6, 6.07) is 11.8. The number of para-hydroxylation sites is 2. The minimum absolute atomic E-state index is 0.643. The lowest BCUT2D eigenvalue weighted by molar-refractivity contribution is 0.786. The van der Waals surface area contributed by atoms with Crippen LogP contribution in [0.5, 0.6) is 0 Å². The molecule has 0 bridgehead atoms. The van der Waals surface area contributed by atoms with Gasteiger partial charge in [-0.3, -0.25) is 9.67 Å². The first-order valence-electron chi connectivity index (χ1n) is 9.05.